The number of hydrogen-bond donors (Lipinski definition) is 0. The molecule has 0 unspecified atom stereocenters. The van der Waals surface area contributed by atoms with Crippen LogP contribution in [0.25, 0.3) is 11.4 Å². The minimum Gasteiger partial charge on any atom is -0.369 e. The van der Waals surface area contributed by atoms with Gasteiger partial charge >= 0.3 is 0 Å². The van der Waals surface area contributed by atoms with Gasteiger partial charge in [0.15, 0.2) is 5.82 Å². The summed E-state index contributed by atoms with van der Waals surface area (Å²) in [4.78, 5) is 15.2. The molecule has 1 heterocycles. The first-order valence-electron chi connectivity index (χ1n) is 7.46. The van der Waals surface area contributed by atoms with Crippen molar-refractivity contribution in [3.63, 3.8) is 0 Å². The molecule has 2 aromatic rings. The zero-order chi connectivity index (χ0) is 17.5. The van der Waals surface area contributed by atoms with Gasteiger partial charge in [-0.2, -0.15) is 0 Å². The summed E-state index contributed by atoms with van der Waals surface area (Å²) in [6, 6.07) is 6.09. The lowest BCUT2D eigenvalue weighted by Gasteiger charge is -2.23. The Morgan fingerprint density at radius 3 is 1.92 bits per heavy atom. The number of aryl methyl sites for hydroxylation is 1. The summed E-state index contributed by atoms with van der Waals surface area (Å²) in [5, 5.41) is 0. The molecule has 0 saturated carbocycles. The molecule has 0 atom stereocenters. The van der Waals surface area contributed by atoms with E-state index in [9.17, 15) is 0 Å². The lowest BCUT2D eigenvalue weighted by atomic mass is 10.1. The van der Waals surface area contributed by atoms with Crippen molar-refractivity contribution in [2.75, 3.05) is 29.7 Å². The summed E-state index contributed by atoms with van der Waals surface area (Å²) < 4.78 is 0. The fourth-order valence-corrected chi connectivity index (χ4v) is 3.03. The van der Waals surface area contributed by atoms with E-state index in [1.807, 2.05) is 19.1 Å². The summed E-state index contributed by atoms with van der Waals surface area (Å²) in [5.41, 5.74) is 3.05. The first-order valence-corrected chi connectivity index (χ1v) is 9.60. The van der Waals surface area contributed by atoms with E-state index in [1.54, 1.807) is 0 Å². The van der Waals surface area contributed by atoms with Gasteiger partial charge in [0.2, 0.25) is 0 Å². The van der Waals surface area contributed by atoms with Gasteiger partial charge in [0.25, 0.3) is 0 Å². The molecule has 0 radical (unpaired) electrons. The maximum atomic E-state index is 5.88. The van der Waals surface area contributed by atoms with Crippen molar-refractivity contribution in [2.24, 2.45) is 0 Å². The maximum absolute atomic E-state index is 5.88. The predicted molar refractivity (Wildman–Crippen MR) is 103 cm³/mol. The van der Waals surface area contributed by atoms with Crippen molar-refractivity contribution in [1.29, 1.82) is 0 Å². The molecule has 0 bridgehead atoms. The minimum atomic E-state index is 0.218. The topological polar surface area (TPSA) is 41.9 Å². The van der Waals surface area contributed by atoms with Crippen LogP contribution in [0.3, 0.4) is 0 Å². The molecule has 1 aromatic carbocycles. The smallest absolute Gasteiger partial charge is 0.163 e. The molecule has 0 fully saturated rings. The molecular weight excluding hydrogens is 390 g/mol. The van der Waals surface area contributed by atoms with Gasteiger partial charge in [0, 0.05) is 36.1 Å². The molecule has 24 heavy (non-hydrogen) atoms. The van der Waals surface area contributed by atoms with Gasteiger partial charge in [-0.15, -0.1) is 46.4 Å². The van der Waals surface area contributed by atoms with Crippen LogP contribution in [-0.4, -0.2) is 39.8 Å². The van der Waals surface area contributed by atoms with E-state index in [0.29, 0.717) is 29.2 Å². The molecule has 0 aliphatic heterocycles. The third kappa shape index (κ3) is 4.85. The number of aromatic nitrogens is 3. The van der Waals surface area contributed by atoms with E-state index in [0.717, 1.165) is 29.9 Å². The largest absolute Gasteiger partial charge is 0.369 e. The van der Waals surface area contributed by atoms with Crippen molar-refractivity contribution in [3.8, 4) is 11.4 Å². The summed E-state index contributed by atoms with van der Waals surface area (Å²) in [5.74, 6) is 3.15. The standard InChI is InChI=1S/C16H18Cl4N4/c1-11-8-12(24(6-4-17)7-5-18)2-3-13(11)16-22-14(9-19)21-15(10-20)23-16/h2-3,8H,4-7,9-10H2,1H3. The second-order valence-electron chi connectivity index (χ2n) is 5.12. The second kappa shape index (κ2) is 9.62. The monoisotopic (exact) mass is 406 g/mol. The third-order valence-corrected chi connectivity index (χ3v) is 4.31. The quantitative estimate of drug-likeness (QED) is 0.599. The molecule has 0 saturated heterocycles. The van der Waals surface area contributed by atoms with Crippen LogP contribution in [0, 0.1) is 6.92 Å². The highest BCUT2D eigenvalue weighted by molar-refractivity contribution is 6.18. The molecule has 1 aromatic heterocycles. The van der Waals surface area contributed by atoms with Crippen LogP contribution in [0.5, 0.6) is 0 Å². The molecular formula is C16H18Cl4N4. The number of hydrogen-bond acceptors (Lipinski definition) is 4. The minimum absolute atomic E-state index is 0.218. The zero-order valence-electron chi connectivity index (χ0n) is 13.3. The molecule has 0 aliphatic rings. The van der Waals surface area contributed by atoms with Crippen LogP contribution in [0.2, 0.25) is 0 Å². The van der Waals surface area contributed by atoms with Crippen LogP contribution in [0.15, 0.2) is 18.2 Å². The van der Waals surface area contributed by atoms with Crippen LogP contribution in [-0.2, 0) is 11.8 Å². The average Bonchev–Trinajstić information content (AvgIpc) is 2.60. The molecule has 8 heteroatoms. The molecule has 0 N–H and O–H groups in total. The van der Waals surface area contributed by atoms with Crippen LogP contribution < -0.4 is 4.90 Å². The fraction of sp³-hybridized carbons (Fsp3) is 0.438. The molecule has 4 nitrogen and oxygen atoms in total. The summed E-state index contributed by atoms with van der Waals surface area (Å²) in [7, 11) is 0. The molecule has 0 aliphatic carbocycles. The van der Waals surface area contributed by atoms with Crippen LogP contribution in [0.1, 0.15) is 17.2 Å². The van der Waals surface area contributed by atoms with Crippen molar-refractivity contribution in [2.45, 2.75) is 18.7 Å². The Hall–Kier alpha value is -0.810. The highest BCUT2D eigenvalue weighted by Gasteiger charge is 2.12. The first-order chi connectivity index (χ1) is 11.6. The van der Waals surface area contributed by atoms with Gasteiger partial charge in [0.1, 0.15) is 11.6 Å². The number of benzene rings is 1. The SMILES string of the molecule is Cc1cc(N(CCCl)CCCl)ccc1-c1nc(CCl)nc(CCl)n1. The Kier molecular flexibility index (Phi) is 7.82. The Labute approximate surface area is 162 Å². The molecule has 130 valence electrons. The van der Waals surface area contributed by atoms with Crippen LogP contribution >= 0.6 is 46.4 Å². The van der Waals surface area contributed by atoms with Gasteiger partial charge in [-0.25, -0.2) is 15.0 Å². The predicted octanol–water partition coefficient (Wildman–Crippen LogP) is 4.61. The molecule has 0 amide bonds. The summed E-state index contributed by atoms with van der Waals surface area (Å²) >= 11 is 23.5. The summed E-state index contributed by atoms with van der Waals surface area (Å²) in [6.45, 7) is 3.50. The number of halogens is 4. The number of rotatable bonds is 8. The van der Waals surface area contributed by atoms with Crippen molar-refractivity contribution in [3.05, 3.63) is 35.4 Å². The van der Waals surface area contributed by atoms with Crippen molar-refractivity contribution >= 4 is 52.1 Å². The van der Waals surface area contributed by atoms with Gasteiger partial charge < -0.3 is 4.90 Å². The summed E-state index contributed by atoms with van der Waals surface area (Å²) in [6.07, 6.45) is 0. The zero-order valence-corrected chi connectivity index (χ0v) is 16.3. The molecule has 0 spiro atoms. The Morgan fingerprint density at radius 2 is 1.46 bits per heavy atom. The van der Waals surface area contributed by atoms with Gasteiger partial charge in [-0.3, -0.25) is 0 Å². The van der Waals surface area contributed by atoms with Crippen molar-refractivity contribution in [1.82, 2.24) is 15.0 Å². The number of alkyl halides is 4. The molecule has 2 rings (SSSR count). The lowest BCUT2D eigenvalue weighted by molar-refractivity contribution is 0.872. The van der Waals surface area contributed by atoms with E-state index in [4.69, 9.17) is 46.4 Å². The van der Waals surface area contributed by atoms with Crippen molar-refractivity contribution < 1.29 is 0 Å². The Bertz CT molecular complexity index is 653. The highest BCUT2D eigenvalue weighted by atomic mass is 35.5. The first kappa shape index (κ1) is 19.5. The van der Waals surface area contributed by atoms with Gasteiger partial charge in [-0.1, -0.05) is 0 Å². The van der Waals surface area contributed by atoms with E-state index in [2.05, 4.69) is 25.9 Å². The lowest BCUT2D eigenvalue weighted by Crippen LogP contribution is -2.27. The average molecular weight is 408 g/mol. The highest BCUT2D eigenvalue weighted by Crippen LogP contribution is 2.26. The third-order valence-electron chi connectivity index (χ3n) is 3.49. The Balaban J connectivity index is 2.39. The van der Waals surface area contributed by atoms with E-state index < -0.39 is 0 Å². The van der Waals surface area contributed by atoms with E-state index >= 15 is 0 Å². The van der Waals surface area contributed by atoms with E-state index in [1.165, 1.54) is 0 Å². The second-order valence-corrected chi connectivity index (χ2v) is 6.41. The fourth-order valence-electron chi connectivity index (χ4n) is 2.38. The van der Waals surface area contributed by atoms with E-state index in [-0.39, 0.29) is 11.8 Å². The normalized spacial score (nSPS) is 10.9. The van der Waals surface area contributed by atoms with Crippen LogP contribution in [0.4, 0.5) is 5.69 Å². The van der Waals surface area contributed by atoms with Gasteiger partial charge in [-0.05, 0) is 30.7 Å². The number of nitrogens with zero attached hydrogens (tertiary/aromatic N) is 4. The number of anilines is 1. The van der Waals surface area contributed by atoms with Gasteiger partial charge in [0.05, 0.1) is 11.8 Å². The Morgan fingerprint density at radius 1 is 0.875 bits per heavy atom. The maximum Gasteiger partial charge on any atom is 0.163 e.